The molecule has 0 aliphatic carbocycles. The molecule has 1 saturated heterocycles. The highest BCUT2D eigenvalue weighted by atomic mass is 19.4. The number of hydrogen-bond acceptors (Lipinski definition) is 6. The van der Waals surface area contributed by atoms with Crippen molar-refractivity contribution in [1.29, 1.82) is 0 Å². The van der Waals surface area contributed by atoms with Gasteiger partial charge in [-0.2, -0.15) is 13.2 Å². The smallest absolute Gasteiger partial charge is 0.478 e. The van der Waals surface area contributed by atoms with E-state index >= 15 is 0 Å². The zero-order valence-corrected chi connectivity index (χ0v) is 20.3. The highest BCUT2D eigenvalue weighted by molar-refractivity contribution is 5.94. The molecule has 0 unspecified atom stereocenters. The third-order valence-electron chi connectivity index (χ3n) is 5.10. The molecule has 1 aliphatic rings. The van der Waals surface area contributed by atoms with Crippen molar-refractivity contribution in [1.82, 2.24) is 9.88 Å². The molecular weight excluding hydrogens is 495 g/mol. The lowest BCUT2D eigenvalue weighted by molar-refractivity contribution is -0.192. The average molecular weight is 526 g/mol. The first-order chi connectivity index (χ1) is 17.6. The molecule has 2 heterocycles. The summed E-state index contributed by atoms with van der Waals surface area (Å²) in [5.74, 6) is -1.90. The molecule has 3 rings (SSSR count). The Labute approximate surface area is 212 Å². The summed E-state index contributed by atoms with van der Waals surface area (Å²) in [7, 11) is 0. The second-order valence-corrected chi connectivity index (χ2v) is 7.73. The van der Waals surface area contributed by atoms with Crippen molar-refractivity contribution in [2.45, 2.75) is 19.5 Å². The molecule has 0 atom stereocenters. The second-order valence-electron chi connectivity index (χ2n) is 7.73. The van der Waals surface area contributed by atoms with E-state index in [2.05, 4.69) is 20.1 Å². The molecule has 0 radical (unpaired) electrons. The molecule has 1 aromatic heterocycles. The van der Waals surface area contributed by atoms with Crippen LogP contribution in [-0.2, 0) is 9.53 Å². The Kier molecular flexibility index (Phi) is 11.6. The number of aromatic nitrogens is 1. The van der Waals surface area contributed by atoms with E-state index in [1.165, 1.54) is 0 Å². The van der Waals surface area contributed by atoms with Crippen LogP contribution in [-0.4, -0.2) is 90.1 Å². The van der Waals surface area contributed by atoms with E-state index in [-0.39, 0.29) is 5.56 Å². The molecule has 10 nitrogen and oxygen atoms in total. The summed E-state index contributed by atoms with van der Waals surface area (Å²) in [6, 6.07) is 12.7. The molecule has 1 aliphatic heterocycles. The van der Waals surface area contributed by atoms with E-state index in [0.29, 0.717) is 19.8 Å². The minimum absolute atomic E-state index is 0.264. The number of pyridine rings is 1. The number of aliphatic imine (C=N–C) groups is 1. The first-order valence-electron chi connectivity index (χ1n) is 11.6. The summed E-state index contributed by atoms with van der Waals surface area (Å²) in [4.78, 5) is 33.7. The van der Waals surface area contributed by atoms with Crippen LogP contribution in [0, 0.1) is 0 Å². The predicted octanol–water partition coefficient (Wildman–Crippen LogP) is 3.43. The highest BCUT2D eigenvalue weighted by Gasteiger charge is 2.38. The fraction of sp³-hybridized carbons (Fsp3) is 0.417. The maximum atomic E-state index is 11.1. The van der Waals surface area contributed by atoms with Gasteiger partial charge in [-0.25, -0.2) is 14.6 Å². The number of halogens is 3. The number of piperazine rings is 1. The van der Waals surface area contributed by atoms with Gasteiger partial charge in [-0.1, -0.05) is 6.07 Å². The van der Waals surface area contributed by atoms with Crippen molar-refractivity contribution in [2.24, 2.45) is 4.99 Å². The van der Waals surface area contributed by atoms with Gasteiger partial charge in [0.15, 0.2) is 5.96 Å². The Balaban J connectivity index is 0.000000604. The molecule has 13 heteroatoms. The van der Waals surface area contributed by atoms with Crippen molar-refractivity contribution in [2.75, 3.05) is 56.2 Å². The number of carboxylic acid groups (broad SMARTS) is 2. The van der Waals surface area contributed by atoms with Crippen LogP contribution in [0.2, 0.25) is 0 Å². The first-order valence-corrected chi connectivity index (χ1v) is 11.6. The van der Waals surface area contributed by atoms with Crippen LogP contribution in [0.4, 0.5) is 24.7 Å². The van der Waals surface area contributed by atoms with Crippen LogP contribution in [0.5, 0.6) is 0 Å². The Morgan fingerprint density at radius 2 is 1.73 bits per heavy atom. The van der Waals surface area contributed by atoms with Gasteiger partial charge >= 0.3 is 18.1 Å². The van der Waals surface area contributed by atoms with Gasteiger partial charge in [-0.05, 0) is 49.7 Å². The number of anilines is 2. The Morgan fingerprint density at radius 3 is 2.24 bits per heavy atom. The van der Waals surface area contributed by atoms with Crippen LogP contribution in [0.3, 0.4) is 0 Å². The summed E-state index contributed by atoms with van der Waals surface area (Å²) >= 11 is 0. The number of nitrogens with zero attached hydrogens (tertiary/aromatic N) is 4. The maximum Gasteiger partial charge on any atom is 0.490 e. The van der Waals surface area contributed by atoms with Crippen LogP contribution < -0.4 is 10.2 Å². The van der Waals surface area contributed by atoms with Crippen LogP contribution in [0.15, 0.2) is 53.7 Å². The number of hydrogen-bond donors (Lipinski definition) is 3. The molecule has 0 bridgehead atoms. The molecule has 0 amide bonds. The third-order valence-corrected chi connectivity index (χ3v) is 5.10. The number of rotatable bonds is 8. The van der Waals surface area contributed by atoms with E-state index in [1.54, 1.807) is 24.3 Å². The van der Waals surface area contributed by atoms with Crippen molar-refractivity contribution in [3.8, 4) is 0 Å². The third kappa shape index (κ3) is 10.3. The Bertz CT molecular complexity index is 1010. The normalized spacial score (nSPS) is 14.0. The number of aliphatic carboxylic acids is 1. The monoisotopic (exact) mass is 525 g/mol. The summed E-state index contributed by atoms with van der Waals surface area (Å²) in [5.41, 5.74) is 1.08. The molecule has 37 heavy (non-hydrogen) atoms. The molecular formula is C24H30F3N5O5. The Morgan fingerprint density at radius 1 is 1.08 bits per heavy atom. The number of carboxylic acids is 2. The van der Waals surface area contributed by atoms with Gasteiger partial charge in [-0.3, -0.25) is 4.99 Å². The fourth-order valence-corrected chi connectivity index (χ4v) is 3.23. The summed E-state index contributed by atoms with van der Waals surface area (Å²) in [6.07, 6.45) is -2.42. The van der Waals surface area contributed by atoms with Gasteiger partial charge in [0.2, 0.25) is 0 Å². The number of guanidine groups is 1. The quantitative estimate of drug-likeness (QED) is 0.270. The molecule has 0 spiro atoms. The standard InChI is InChI=1S/C22H29N5O3.C2HF3O2/c1-2-30-17-5-12-24-22(25-19-9-7-18(8-10-19)21(28)29)27-15-13-26(14-16-27)20-6-3-4-11-23-20;3-2(4,5)1(6)7/h3-4,6-11H,2,5,12-17H2,1H3,(H,24,25)(H,28,29);(H,6,7). The average Bonchev–Trinajstić information content (AvgIpc) is 2.88. The molecule has 202 valence electrons. The van der Waals surface area contributed by atoms with E-state index in [0.717, 1.165) is 50.1 Å². The summed E-state index contributed by atoms with van der Waals surface area (Å²) in [6.45, 7) is 7.40. The number of benzene rings is 1. The van der Waals surface area contributed by atoms with Gasteiger partial charge < -0.3 is 30.1 Å². The fourth-order valence-electron chi connectivity index (χ4n) is 3.23. The Hall–Kier alpha value is -3.87. The van der Waals surface area contributed by atoms with Crippen molar-refractivity contribution < 1.29 is 37.7 Å². The van der Waals surface area contributed by atoms with Gasteiger partial charge in [0, 0.05) is 57.8 Å². The number of aromatic carboxylic acids is 1. The van der Waals surface area contributed by atoms with Crippen molar-refractivity contribution in [3.63, 3.8) is 0 Å². The second kappa shape index (κ2) is 14.6. The lowest BCUT2D eigenvalue weighted by Gasteiger charge is -2.37. The number of alkyl halides is 3. The van der Waals surface area contributed by atoms with Gasteiger partial charge in [0.05, 0.1) is 5.56 Å². The number of ether oxygens (including phenoxy) is 1. The molecule has 1 fully saturated rings. The largest absolute Gasteiger partial charge is 0.490 e. The lowest BCUT2D eigenvalue weighted by atomic mass is 10.2. The molecule has 3 N–H and O–H groups in total. The van der Waals surface area contributed by atoms with Crippen LogP contribution in [0.1, 0.15) is 23.7 Å². The molecule has 0 saturated carbocycles. The van der Waals surface area contributed by atoms with E-state index in [4.69, 9.17) is 24.7 Å². The lowest BCUT2D eigenvalue weighted by Crippen LogP contribution is -2.51. The highest BCUT2D eigenvalue weighted by Crippen LogP contribution is 2.15. The molecule has 1 aromatic carbocycles. The van der Waals surface area contributed by atoms with Gasteiger partial charge in [0.1, 0.15) is 5.82 Å². The topological polar surface area (TPSA) is 128 Å². The first kappa shape index (κ1) is 29.4. The minimum atomic E-state index is -5.08. The number of carbonyl (C=O) groups is 2. The number of nitrogens with one attached hydrogen (secondary N) is 1. The maximum absolute atomic E-state index is 11.1. The molecule has 2 aromatic rings. The van der Waals surface area contributed by atoms with Gasteiger partial charge in [0.25, 0.3) is 0 Å². The summed E-state index contributed by atoms with van der Waals surface area (Å²) in [5, 5.41) is 19.6. The van der Waals surface area contributed by atoms with Crippen LogP contribution >= 0.6 is 0 Å². The van der Waals surface area contributed by atoms with Crippen molar-refractivity contribution in [3.05, 3.63) is 54.2 Å². The zero-order chi connectivity index (χ0) is 27.3. The van der Waals surface area contributed by atoms with Crippen molar-refractivity contribution >= 4 is 29.4 Å². The van der Waals surface area contributed by atoms with Gasteiger partial charge in [-0.15, -0.1) is 0 Å². The van der Waals surface area contributed by atoms with E-state index in [9.17, 15) is 18.0 Å². The SMILES string of the molecule is CCOCCCN=C(Nc1ccc(C(=O)O)cc1)N1CCN(c2ccccn2)CC1.O=C(O)C(F)(F)F. The summed E-state index contributed by atoms with van der Waals surface area (Å²) < 4.78 is 37.1. The van der Waals surface area contributed by atoms with E-state index < -0.39 is 18.1 Å². The minimum Gasteiger partial charge on any atom is -0.478 e. The predicted molar refractivity (Wildman–Crippen MR) is 132 cm³/mol. The van der Waals surface area contributed by atoms with E-state index in [1.807, 2.05) is 31.3 Å². The zero-order valence-electron chi connectivity index (χ0n) is 20.3. The van der Waals surface area contributed by atoms with Crippen LogP contribution in [0.25, 0.3) is 0 Å².